The Hall–Kier alpha value is -5.63. The molecule has 2 atom stereocenters. The summed E-state index contributed by atoms with van der Waals surface area (Å²) in [6.07, 6.45) is 1.59. The van der Waals surface area contributed by atoms with Crippen LogP contribution in [0.1, 0.15) is 27.9 Å². The average Bonchev–Trinajstić information content (AvgIpc) is 3.07. The molecule has 1 fully saturated rings. The number of carbonyl (C=O) groups excluding carboxylic acids is 2. The molecule has 1 aromatic heterocycles. The molecule has 228 valence electrons. The molecule has 0 aliphatic carbocycles. The molecule has 1 saturated heterocycles. The van der Waals surface area contributed by atoms with Gasteiger partial charge in [0.1, 0.15) is 35.0 Å². The van der Waals surface area contributed by atoms with Gasteiger partial charge >= 0.3 is 0 Å². The smallest absolute Gasteiger partial charge is 0.258 e. The van der Waals surface area contributed by atoms with Crippen molar-refractivity contribution in [1.29, 1.82) is 5.26 Å². The molecular formula is C34H30FN5O5. The molecule has 45 heavy (non-hydrogen) atoms. The molecule has 3 aliphatic rings. The Labute approximate surface area is 259 Å². The van der Waals surface area contributed by atoms with Crippen molar-refractivity contribution in [3.05, 3.63) is 102 Å². The van der Waals surface area contributed by atoms with Crippen LogP contribution < -0.4 is 29.7 Å². The number of halogens is 1. The molecule has 3 aromatic carbocycles. The summed E-state index contributed by atoms with van der Waals surface area (Å²) in [5, 5.41) is 15.2. The Balaban J connectivity index is 1.37. The van der Waals surface area contributed by atoms with Crippen LogP contribution in [0, 0.1) is 17.1 Å². The third kappa shape index (κ3) is 6.65. The predicted octanol–water partition coefficient (Wildman–Crippen LogP) is 4.23. The van der Waals surface area contributed by atoms with E-state index in [0.717, 1.165) is 5.56 Å². The van der Waals surface area contributed by atoms with Crippen LogP contribution in [0.2, 0.25) is 0 Å². The van der Waals surface area contributed by atoms with Crippen LogP contribution in [0.3, 0.4) is 0 Å². The fraction of sp³-hybridized carbons (Fsp3) is 0.235. The quantitative estimate of drug-likeness (QED) is 0.347. The van der Waals surface area contributed by atoms with Gasteiger partial charge in [-0.3, -0.25) is 9.59 Å². The highest BCUT2D eigenvalue weighted by atomic mass is 19.1. The first kappa shape index (κ1) is 29.4. The molecule has 11 heteroatoms. The van der Waals surface area contributed by atoms with Crippen LogP contribution in [-0.2, 0) is 11.3 Å². The van der Waals surface area contributed by atoms with Gasteiger partial charge in [-0.1, -0.05) is 18.2 Å². The summed E-state index contributed by atoms with van der Waals surface area (Å²) in [6.45, 7) is 0.860. The zero-order valence-corrected chi connectivity index (χ0v) is 24.5. The van der Waals surface area contributed by atoms with Crippen LogP contribution in [0.5, 0.6) is 17.2 Å². The minimum atomic E-state index is -0.670. The summed E-state index contributed by atoms with van der Waals surface area (Å²) in [5.74, 6) is 0.486. The molecule has 2 amide bonds. The number of rotatable bonds is 2. The number of nitrogens with zero attached hydrogens (tertiary/aromatic N) is 3. The third-order valence-electron chi connectivity index (χ3n) is 7.83. The Morgan fingerprint density at radius 3 is 2.76 bits per heavy atom. The number of carbonyl (C=O) groups is 2. The predicted molar refractivity (Wildman–Crippen MR) is 164 cm³/mol. The van der Waals surface area contributed by atoms with Gasteiger partial charge in [0.2, 0.25) is 0 Å². The van der Waals surface area contributed by atoms with E-state index in [4.69, 9.17) is 14.2 Å². The van der Waals surface area contributed by atoms with Gasteiger partial charge in [-0.2, -0.15) is 5.26 Å². The highest BCUT2D eigenvalue weighted by molar-refractivity contribution is 5.96. The topological polar surface area (TPSA) is 126 Å². The minimum absolute atomic E-state index is 0.126. The van der Waals surface area contributed by atoms with Crippen molar-refractivity contribution in [3.63, 3.8) is 0 Å². The van der Waals surface area contributed by atoms with E-state index in [2.05, 4.69) is 21.7 Å². The molecule has 0 unspecified atom stereocenters. The van der Waals surface area contributed by atoms with Crippen molar-refractivity contribution >= 4 is 17.6 Å². The third-order valence-corrected chi connectivity index (χ3v) is 7.83. The number of benzene rings is 3. The Kier molecular flexibility index (Phi) is 8.46. The summed E-state index contributed by atoms with van der Waals surface area (Å²) in [6, 6.07) is 21.5. The molecule has 2 N–H and O–H groups in total. The average molecular weight is 608 g/mol. The second-order valence-electron chi connectivity index (χ2n) is 10.7. The Morgan fingerprint density at radius 1 is 1.04 bits per heavy atom. The van der Waals surface area contributed by atoms with Gasteiger partial charge in [-0.05, 0) is 59.7 Å². The first-order valence-corrected chi connectivity index (χ1v) is 14.4. The van der Waals surface area contributed by atoms with E-state index in [1.807, 2.05) is 11.0 Å². The number of hydrogen-bond acceptors (Lipinski definition) is 8. The second-order valence-corrected chi connectivity index (χ2v) is 10.7. The summed E-state index contributed by atoms with van der Waals surface area (Å²) in [7, 11) is 1.53. The number of hydrogen-bond donors (Lipinski definition) is 2. The van der Waals surface area contributed by atoms with Crippen molar-refractivity contribution < 1.29 is 28.2 Å². The number of amides is 2. The molecule has 3 aliphatic heterocycles. The van der Waals surface area contributed by atoms with Crippen molar-refractivity contribution in [2.24, 2.45) is 0 Å². The minimum Gasteiger partial charge on any atom is -0.496 e. The summed E-state index contributed by atoms with van der Waals surface area (Å²) in [5.41, 5.74) is 2.38. The number of fused-ring (bicyclic) bond motifs is 7. The monoisotopic (exact) mass is 607 g/mol. The number of methoxy groups -OCH3 is 1. The van der Waals surface area contributed by atoms with E-state index >= 15 is 4.39 Å². The standard InChI is InChI=1S/C34H30FN5O5/c1-43-31-16-26-7-5-24(31)18-38-33(41)20-44-25-4-2-3-22(14-25)23-6-8-28(35)27(15-23)34(42)39-29-19-40(12-10-30(29)45-26)32-13-21(17-36)9-11-37-32/h2-9,11,13-16,29-30H,10,12,18-20H2,1H3,(H,38,41)(H,39,42)/t29-,30+/m1/s1. The highest BCUT2D eigenvalue weighted by Crippen LogP contribution is 2.30. The van der Waals surface area contributed by atoms with Crippen molar-refractivity contribution in [1.82, 2.24) is 15.6 Å². The Bertz CT molecular complexity index is 1790. The van der Waals surface area contributed by atoms with Crippen LogP contribution in [0.4, 0.5) is 10.2 Å². The van der Waals surface area contributed by atoms with E-state index < -0.39 is 23.9 Å². The highest BCUT2D eigenvalue weighted by Gasteiger charge is 2.34. The van der Waals surface area contributed by atoms with Crippen LogP contribution in [0.25, 0.3) is 11.1 Å². The van der Waals surface area contributed by atoms with Gasteiger partial charge in [0.15, 0.2) is 6.61 Å². The van der Waals surface area contributed by atoms with Gasteiger partial charge in [-0.15, -0.1) is 0 Å². The zero-order valence-electron chi connectivity index (χ0n) is 24.5. The molecule has 4 heterocycles. The SMILES string of the molecule is COc1cc2ccc1CNC(=O)COc1cccc(c1)-c1ccc(F)c(c1)C(=O)N[C@@H]1CN(c3cc(C#N)ccn3)CC[C@@H]1O2. The summed E-state index contributed by atoms with van der Waals surface area (Å²) < 4.78 is 32.9. The lowest BCUT2D eigenvalue weighted by atomic mass is 9.99. The Morgan fingerprint density at radius 2 is 1.91 bits per heavy atom. The fourth-order valence-electron chi connectivity index (χ4n) is 5.48. The molecule has 0 radical (unpaired) electrons. The zero-order chi connectivity index (χ0) is 31.3. The molecule has 7 rings (SSSR count). The number of nitriles is 1. The number of aromatic nitrogens is 1. The van der Waals surface area contributed by atoms with E-state index in [0.29, 0.717) is 59.3 Å². The maximum atomic E-state index is 15.1. The largest absolute Gasteiger partial charge is 0.496 e. The fourth-order valence-corrected chi connectivity index (χ4v) is 5.48. The molecule has 0 spiro atoms. The number of piperidine rings is 1. The van der Waals surface area contributed by atoms with Crippen molar-refractivity contribution in [2.45, 2.75) is 25.1 Å². The van der Waals surface area contributed by atoms with Crippen LogP contribution >= 0.6 is 0 Å². The molecule has 0 saturated carbocycles. The van der Waals surface area contributed by atoms with Gasteiger partial charge in [0, 0.05) is 43.9 Å². The van der Waals surface area contributed by atoms with E-state index in [1.54, 1.807) is 60.8 Å². The lowest BCUT2D eigenvalue weighted by Crippen LogP contribution is -2.57. The lowest BCUT2D eigenvalue weighted by Gasteiger charge is -2.39. The molecule has 10 nitrogen and oxygen atoms in total. The first-order chi connectivity index (χ1) is 21.9. The first-order valence-electron chi connectivity index (χ1n) is 14.4. The van der Waals surface area contributed by atoms with Gasteiger partial charge in [-0.25, -0.2) is 9.37 Å². The number of pyridine rings is 1. The van der Waals surface area contributed by atoms with E-state index in [-0.39, 0.29) is 24.6 Å². The number of ether oxygens (including phenoxy) is 3. The van der Waals surface area contributed by atoms with Crippen molar-refractivity contribution in [3.8, 4) is 34.4 Å². The number of anilines is 1. The molecular weight excluding hydrogens is 577 g/mol. The van der Waals surface area contributed by atoms with E-state index in [1.165, 1.54) is 19.2 Å². The van der Waals surface area contributed by atoms with Gasteiger partial charge in [0.25, 0.3) is 11.8 Å². The van der Waals surface area contributed by atoms with Crippen LogP contribution in [-0.4, -0.2) is 55.8 Å². The maximum absolute atomic E-state index is 15.1. The van der Waals surface area contributed by atoms with Gasteiger partial charge < -0.3 is 29.7 Å². The number of nitrogens with one attached hydrogen (secondary N) is 2. The normalized spacial score (nSPS) is 18.3. The van der Waals surface area contributed by atoms with Gasteiger partial charge in [0.05, 0.1) is 30.3 Å². The molecule has 6 bridgehead atoms. The lowest BCUT2D eigenvalue weighted by molar-refractivity contribution is -0.123. The molecule has 4 aromatic rings. The second kappa shape index (κ2) is 12.9. The summed E-state index contributed by atoms with van der Waals surface area (Å²) >= 11 is 0. The van der Waals surface area contributed by atoms with Crippen LogP contribution in [0.15, 0.2) is 79.0 Å². The maximum Gasteiger partial charge on any atom is 0.258 e. The summed E-state index contributed by atoms with van der Waals surface area (Å²) in [4.78, 5) is 32.7. The van der Waals surface area contributed by atoms with E-state index in [9.17, 15) is 14.9 Å². The van der Waals surface area contributed by atoms with Crippen molar-refractivity contribution in [2.75, 3.05) is 31.7 Å².